The summed E-state index contributed by atoms with van der Waals surface area (Å²) in [6.07, 6.45) is 2.01. The summed E-state index contributed by atoms with van der Waals surface area (Å²) in [5.41, 5.74) is 0.595. The van der Waals surface area contributed by atoms with E-state index in [2.05, 4.69) is 9.97 Å². The van der Waals surface area contributed by atoms with E-state index in [0.29, 0.717) is 17.1 Å². The number of carbonyl (C=O) groups is 1. The van der Waals surface area contributed by atoms with E-state index in [1.54, 1.807) is 0 Å². The lowest BCUT2D eigenvalue weighted by Crippen LogP contribution is -2.02. The standard InChI is InChI=1S/C13H13FN2O2S/c1-7(2)6-9-11(13(17)18)19-12(16-9)10-8(14)4-3-5-15-10/h3-5,7H,6H2,1-2H3,(H,17,18). The Morgan fingerprint density at radius 2 is 2.26 bits per heavy atom. The molecule has 0 aliphatic rings. The number of carboxylic acid groups (broad SMARTS) is 1. The van der Waals surface area contributed by atoms with Gasteiger partial charge in [-0.3, -0.25) is 4.98 Å². The van der Waals surface area contributed by atoms with Crippen LogP contribution in [0.25, 0.3) is 10.7 Å². The van der Waals surface area contributed by atoms with Gasteiger partial charge in [0, 0.05) is 6.20 Å². The fourth-order valence-corrected chi connectivity index (χ4v) is 2.62. The molecule has 2 aromatic rings. The largest absolute Gasteiger partial charge is 0.477 e. The second kappa shape index (κ2) is 5.44. The number of hydrogen-bond acceptors (Lipinski definition) is 4. The number of halogens is 1. The van der Waals surface area contributed by atoms with Crippen LogP contribution >= 0.6 is 11.3 Å². The Morgan fingerprint density at radius 1 is 1.53 bits per heavy atom. The van der Waals surface area contributed by atoms with E-state index in [9.17, 15) is 9.18 Å². The first-order valence-electron chi connectivity index (χ1n) is 5.83. The van der Waals surface area contributed by atoms with Crippen LogP contribution in [0, 0.1) is 11.7 Å². The quantitative estimate of drug-likeness (QED) is 0.933. The molecule has 2 aromatic heterocycles. The van der Waals surface area contributed by atoms with Crippen molar-refractivity contribution in [2.45, 2.75) is 20.3 Å². The SMILES string of the molecule is CC(C)Cc1nc(-c2ncccc2F)sc1C(=O)O. The Labute approximate surface area is 114 Å². The summed E-state index contributed by atoms with van der Waals surface area (Å²) in [7, 11) is 0. The third kappa shape index (κ3) is 2.96. The molecule has 0 saturated carbocycles. The summed E-state index contributed by atoms with van der Waals surface area (Å²) < 4.78 is 13.6. The van der Waals surface area contributed by atoms with Gasteiger partial charge in [0.25, 0.3) is 0 Å². The number of carboxylic acids is 1. The van der Waals surface area contributed by atoms with Gasteiger partial charge in [-0.15, -0.1) is 11.3 Å². The lowest BCUT2D eigenvalue weighted by atomic mass is 10.1. The minimum Gasteiger partial charge on any atom is -0.477 e. The van der Waals surface area contributed by atoms with Crippen LogP contribution in [0.3, 0.4) is 0 Å². The zero-order valence-corrected chi connectivity index (χ0v) is 11.4. The zero-order chi connectivity index (χ0) is 14.0. The number of nitrogens with zero attached hydrogens (tertiary/aromatic N) is 2. The highest BCUT2D eigenvalue weighted by atomic mass is 32.1. The van der Waals surface area contributed by atoms with Gasteiger partial charge in [-0.25, -0.2) is 14.2 Å². The van der Waals surface area contributed by atoms with E-state index < -0.39 is 11.8 Å². The molecule has 0 radical (unpaired) electrons. The maximum atomic E-state index is 13.6. The molecule has 0 saturated heterocycles. The van der Waals surface area contributed by atoms with Gasteiger partial charge in [-0.2, -0.15) is 0 Å². The minimum absolute atomic E-state index is 0.102. The number of pyridine rings is 1. The normalized spacial score (nSPS) is 10.9. The first-order valence-corrected chi connectivity index (χ1v) is 6.64. The molecule has 100 valence electrons. The van der Waals surface area contributed by atoms with Crippen molar-refractivity contribution in [1.82, 2.24) is 9.97 Å². The molecule has 2 heterocycles. The molecule has 0 aliphatic heterocycles. The Hall–Kier alpha value is -1.82. The van der Waals surface area contributed by atoms with Gasteiger partial charge in [0.2, 0.25) is 0 Å². The fraction of sp³-hybridized carbons (Fsp3) is 0.308. The van der Waals surface area contributed by atoms with E-state index in [-0.39, 0.29) is 16.5 Å². The molecular weight excluding hydrogens is 267 g/mol. The highest BCUT2D eigenvalue weighted by molar-refractivity contribution is 7.17. The Kier molecular flexibility index (Phi) is 3.90. The predicted molar refractivity (Wildman–Crippen MR) is 70.8 cm³/mol. The van der Waals surface area contributed by atoms with Gasteiger partial charge < -0.3 is 5.11 Å². The van der Waals surface area contributed by atoms with Crippen LogP contribution < -0.4 is 0 Å². The molecule has 0 aliphatic carbocycles. The van der Waals surface area contributed by atoms with Crippen LogP contribution in [0.2, 0.25) is 0 Å². The summed E-state index contributed by atoms with van der Waals surface area (Å²) in [6.45, 7) is 3.96. The van der Waals surface area contributed by atoms with Crippen molar-refractivity contribution in [3.05, 3.63) is 34.7 Å². The molecule has 0 aromatic carbocycles. The van der Waals surface area contributed by atoms with Crippen molar-refractivity contribution < 1.29 is 14.3 Å². The maximum Gasteiger partial charge on any atom is 0.347 e. The third-order valence-corrected chi connectivity index (χ3v) is 3.55. The first kappa shape index (κ1) is 13.6. The van der Waals surface area contributed by atoms with Crippen molar-refractivity contribution in [1.29, 1.82) is 0 Å². The Balaban J connectivity index is 2.49. The summed E-state index contributed by atoms with van der Waals surface area (Å²) in [6, 6.07) is 2.77. The van der Waals surface area contributed by atoms with E-state index in [4.69, 9.17) is 5.11 Å². The summed E-state index contributed by atoms with van der Waals surface area (Å²) >= 11 is 0.964. The van der Waals surface area contributed by atoms with Crippen molar-refractivity contribution in [3.63, 3.8) is 0 Å². The molecule has 0 fully saturated rings. The van der Waals surface area contributed by atoms with Gasteiger partial charge in [-0.1, -0.05) is 13.8 Å². The van der Waals surface area contributed by atoms with Crippen LogP contribution in [0.4, 0.5) is 4.39 Å². The molecule has 1 N–H and O–H groups in total. The maximum absolute atomic E-state index is 13.6. The minimum atomic E-state index is -1.03. The molecule has 4 nitrogen and oxygen atoms in total. The average Bonchev–Trinajstić information content (AvgIpc) is 2.72. The van der Waals surface area contributed by atoms with Gasteiger partial charge in [-0.05, 0) is 24.5 Å². The van der Waals surface area contributed by atoms with Crippen molar-refractivity contribution >= 4 is 17.3 Å². The van der Waals surface area contributed by atoms with E-state index in [0.717, 1.165) is 11.3 Å². The zero-order valence-electron chi connectivity index (χ0n) is 10.6. The average molecular weight is 280 g/mol. The molecular formula is C13H13FN2O2S. The molecule has 0 amide bonds. The first-order chi connectivity index (χ1) is 8.99. The second-order valence-electron chi connectivity index (χ2n) is 4.53. The monoisotopic (exact) mass is 280 g/mol. The number of hydrogen-bond donors (Lipinski definition) is 1. The highest BCUT2D eigenvalue weighted by Crippen LogP contribution is 2.29. The summed E-state index contributed by atoms with van der Waals surface area (Å²) in [5, 5.41) is 9.48. The Bertz CT molecular complexity index is 610. The predicted octanol–water partition coefficient (Wildman–Crippen LogP) is 3.24. The third-order valence-electron chi connectivity index (χ3n) is 2.45. The number of rotatable bonds is 4. The molecule has 2 rings (SSSR count). The van der Waals surface area contributed by atoms with Crippen LogP contribution in [0.15, 0.2) is 18.3 Å². The van der Waals surface area contributed by atoms with Crippen LogP contribution in [0.5, 0.6) is 0 Å². The van der Waals surface area contributed by atoms with Crippen LogP contribution in [0.1, 0.15) is 29.2 Å². The van der Waals surface area contributed by atoms with E-state index in [1.165, 1.54) is 18.3 Å². The van der Waals surface area contributed by atoms with E-state index >= 15 is 0 Å². The number of thiazole rings is 1. The highest BCUT2D eigenvalue weighted by Gasteiger charge is 2.20. The van der Waals surface area contributed by atoms with Gasteiger partial charge >= 0.3 is 5.97 Å². The van der Waals surface area contributed by atoms with Crippen molar-refractivity contribution in [3.8, 4) is 10.7 Å². The number of aromatic carboxylic acids is 1. The topological polar surface area (TPSA) is 63.1 Å². The molecule has 19 heavy (non-hydrogen) atoms. The molecule has 0 bridgehead atoms. The lowest BCUT2D eigenvalue weighted by molar-refractivity contribution is 0.0700. The van der Waals surface area contributed by atoms with Crippen molar-refractivity contribution in [2.75, 3.05) is 0 Å². The van der Waals surface area contributed by atoms with Gasteiger partial charge in [0.15, 0.2) is 5.82 Å². The van der Waals surface area contributed by atoms with Gasteiger partial charge in [0.05, 0.1) is 5.69 Å². The molecule has 0 spiro atoms. The summed E-state index contributed by atoms with van der Waals surface area (Å²) in [5.74, 6) is -1.25. The van der Waals surface area contributed by atoms with Crippen LogP contribution in [-0.2, 0) is 6.42 Å². The van der Waals surface area contributed by atoms with E-state index in [1.807, 2.05) is 13.8 Å². The lowest BCUT2D eigenvalue weighted by Gasteiger charge is -2.01. The fourth-order valence-electron chi connectivity index (χ4n) is 1.69. The summed E-state index contributed by atoms with van der Waals surface area (Å²) in [4.78, 5) is 19.5. The number of aromatic nitrogens is 2. The smallest absolute Gasteiger partial charge is 0.347 e. The van der Waals surface area contributed by atoms with Gasteiger partial charge in [0.1, 0.15) is 15.6 Å². The molecule has 0 atom stereocenters. The molecule has 6 heteroatoms. The van der Waals surface area contributed by atoms with Crippen molar-refractivity contribution in [2.24, 2.45) is 5.92 Å². The molecule has 0 unspecified atom stereocenters. The second-order valence-corrected chi connectivity index (χ2v) is 5.53. The Morgan fingerprint density at radius 3 is 2.84 bits per heavy atom. The van der Waals surface area contributed by atoms with Crippen LogP contribution in [-0.4, -0.2) is 21.0 Å².